The van der Waals surface area contributed by atoms with Gasteiger partial charge in [0.05, 0.1) is 6.10 Å². The molecule has 1 fully saturated rings. The molecular formula is C16H24ClNO2. The maximum absolute atomic E-state index is 6.11. The van der Waals surface area contributed by atoms with E-state index >= 15 is 0 Å². The van der Waals surface area contributed by atoms with Crippen LogP contribution in [-0.2, 0) is 4.74 Å². The molecule has 0 radical (unpaired) electrons. The van der Waals surface area contributed by atoms with Gasteiger partial charge in [-0.3, -0.25) is 0 Å². The van der Waals surface area contributed by atoms with Gasteiger partial charge in [0.15, 0.2) is 0 Å². The Bertz CT molecular complexity index is 419. The van der Waals surface area contributed by atoms with E-state index in [0.717, 1.165) is 48.7 Å². The minimum Gasteiger partial charge on any atom is -0.491 e. The van der Waals surface area contributed by atoms with Gasteiger partial charge in [0, 0.05) is 23.2 Å². The summed E-state index contributed by atoms with van der Waals surface area (Å²) in [5, 5.41) is 4.22. The summed E-state index contributed by atoms with van der Waals surface area (Å²) < 4.78 is 11.6. The summed E-state index contributed by atoms with van der Waals surface area (Å²) in [6.07, 6.45) is 3.57. The SMILES string of the molecule is CCCNC(C)c1cc(Cl)ccc1OCC1CCCO1. The normalized spacial score (nSPS) is 20.1. The molecule has 2 atom stereocenters. The summed E-state index contributed by atoms with van der Waals surface area (Å²) in [6.45, 7) is 6.76. The molecule has 20 heavy (non-hydrogen) atoms. The number of rotatable bonds is 7. The predicted molar refractivity (Wildman–Crippen MR) is 82.6 cm³/mol. The first-order chi connectivity index (χ1) is 9.70. The molecule has 1 heterocycles. The molecule has 0 aliphatic carbocycles. The van der Waals surface area contributed by atoms with Crippen LogP contribution in [0.3, 0.4) is 0 Å². The van der Waals surface area contributed by atoms with E-state index in [1.165, 1.54) is 0 Å². The summed E-state index contributed by atoms with van der Waals surface area (Å²) in [5.41, 5.74) is 1.11. The van der Waals surface area contributed by atoms with Crippen LogP contribution >= 0.6 is 11.6 Å². The maximum atomic E-state index is 6.11. The van der Waals surface area contributed by atoms with Gasteiger partial charge in [-0.25, -0.2) is 0 Å². The van der Waals surface area contributed by atoms with Crippen molar-refractivity contribution in [1.29, 1.82) is 0 Å². The molecule has 1 N–H and O–H groups in total. The van der Waals surface area contributed by atoms with Crippen LogP contribution in [-0.4, -0.2) is 25.9 Å². The Morgan fingerprint density at radius 3 is 3.05 bits per heavy atom. The van der Waals surface area contributed by atoms with Crippen molar-refractivity contribution in [2.45, 2.75) is 45.3 Å². The van der Waals surface area contributed by atoms with Crippen molar-refractivity contribution in [3.63, 3.8) is 0 Å². The van der Waals surface area contributed by atoms with Crippen LogP contribution in [0.15, 0.2) is 18.2 Å². The standard InChI is InChI=1S/C16H24ClNO2/c1-3-8-18-12(2)15-10-13(17)6-7-16(15)20-11-14-5-4-9-19-14/h6-7,10,12,14,18H,3-5,8-9,11H2,1-2H3. The Labute approximate surface area is 126 Å². The highest BCUT2D eigenvalue weighted by Gasteiger charge is 2.18. The lowest BCUT2D eigenvalue weighted by Gasteiger charge is -2.20. The number of ether oxygens (including phenoxy) is 2. The molecule has 0 spiro atoms. The Morgan fingerprint density at radius 2 is 2.35 bits per heavy atom. The second-order valence-corrected chi connectivity index (χ2v) is 5.74. The summed E-state index contributed by atoms with van der Waals surface area (Å²) in [5.74, 6) is 0.904. The zero-order chi connectivity index (χ0) is 14.4. The molecule has 1 aliphatic heterocycles. The highest BCUT2D eigenvalue weighted by Crippen LogP contribution is 2.29. The molecule has 3 nitrogen and oxygen atoms in total. The molecular weight excluding hydrogens is 274 g/mol. The van der Waals surface area contributed by atoms with Gasteiger partial charge in [-0.15, -0.1) is 0 Å². The molecule has 0 saturated carbocycles. The van der Waals surface area contributed by atoms with Crippen LogP contribution in [0, 0.1) is 0 Å². The minimum absolute atomic E-state index is 0.230. The van der Waals surface area contributed by atoms with E-state index in [4.69, 9.17) is 21.1 Å². The van der Waals surface area contributed by atoms with E-state index in [-0.39, 0.29) is 12.1 Å². The zero-order valence-corrected chi connectivity index (χ0v) is 13.1. The van der Waals surface area contributed by atoms with Crippen molar-refractivity contribution in [2.75, 3.05) is 19.8 Å². The van der Waals surface area contributed by atoms with E-state index < -0.39 is 0 Å². The first-order valence-corrected chi connectivity index (χ1v) is 7.85. The van der Waals surface area contributed by atoms with Gasteiger partial charge in [0.1, 0.15) is 12.4 Å². The Kier molecular flexibility index (Phi) is 6.14. The number of benzene rings is 1. The van der Waals surface area contributed by atoms with E-state index in [1.54, 1.807) is 0 Å². The molecule has 1 aromatic carbocycles. The van der Waals surface area contributed by atoms with Crippen molar-refractivity contribution in [3.05, 3.63) is 28.8 Å². The van der Waals surface area contributed by atoms with Crippen molar-refractivity contribution in [3.8, 4) is 5.75 Å². The molecule has 2 rings (SSSR count). The lowest BCUT2D eigenvalue weighted by atomic mass is 10.1. The summed E-state index contributed by atoms with van der Waals surface area (Å²) in [7, 11) is 0. The van der Waals surface area contributed by atoms with Crippen LogP contribution < -0.4 is 10.1 Å². The summed E-state index contributed by atoms with van der Waals surface area (Å²) >= 11 is 6.11. The van der Waals surface area contributed by atoms with Crippen LogP contribution in [0.2, 0.25) is 5.02 Å². The van der Waals surface area contributed by atoms with Crippen molar-refractivity contribution in [1.82, 2.24) is 5.32 Å². The third-order valence-corrected chi connectivity index (χ3v) is 3.82. The zero-order valence-electron chi connectivity index (χ0n) is 12.3. The largest absolute Gasteiger partial charge is 0.491 e. The van der Waals surface area contributed by atoms with Gasteiger partial charge in [-0.2, -0.15) is 0 Å². The Morgan fingerprint density at radius 1 is 1.50 bits per heavy atom. The third-order valence-electron chi connectivity index (χ3n) is 3.59. The average Bonchev–Trinajstić information content (AvgIpc) is 2.96. The highest BCUT2D eigenvalue weighted by molar-refractivity contribution is 6.30. The highest BCUT2D eigenvalue weighted by atomic mass is 35.5. The molecule has 0 bridgehead atoms. The van der Waals surface area contributed by atoms with Crippen LogP contribution in [0.5, 0.6) is 5.75 Å². The average molecular weight is 298 g/mol. The molecule has 0 amide bonds. The van der Waals surface area contributed by atoms with Gasteiger partial charge in [-0.1, -0.05) is 18.5 Å². The first kappa shape index (κ1) is 15.6. The third kappa shape index (κ3) is 4.37. The van der Waals surface area contributed by atoms with E-state index in [9.17, 15) is 0 Å². The lowest BCUT2D eigenvalue weighted by molar-refractivity contribution is 0.0674. The second-order valence-electron chi connectivity index (χ2n) is 5.30. The maximum Gasteiger partial charge on any atom is 0.124 e. The quantitative estimate of drug-likeness (QED) is 0.826. The molecule has 1 aliphatic rings. The summed E-state index contributed by atoms with van der Waals surface area (Å²) in [4.78, 5) is 0. The molecule has 2 unspecified atom stereocenters. The fraction of sp³-hybridized carbons (Fsp3) is 0.625. The minimum atomic E-state index is 0.230. The van der Waals surface area contributed by atoms with Crippen molar-refractivity contribution < 1.29 is 9.47 Å². The summed E-state index contributed by atoms with van der Waals surface area (Å²) in [6, 6.07) is 6.05. The van der Waals surface area contributed by atoms with Crippen molar-refractivity contribution in [2.24, 2.45) is 0 Å². The molecule has 1 saturated heterocycles. The molecule has 4 heteroatoms. The van der Waals surface area contributed by atoms with Gasteiger partial charge >= 0.3 is 0 Å². The van der Waals surface area contributed by atoms with Gasteiger partial charge in [0.2, 0.25) is 0 Å². The molecule has 112 valence electrons. The van der Waals surface area contributed by atoms with Gasteiger partial charge in [-0.05, 0) is 50.9 Å². The number of nitrogens with one attached hydrogen (secondary N) is 1. The first-order valence-electron chi connectivity index (χ1n) is 7.48. The van der Waals surface area contributed by atoms with Crippen LogP contribution in [0.4, 0.5) is 0 Å². The molecule has 1 aromatic rings. The topological polar surface area (TPSA) is 30.5 Å². The van der Waals surface area contributed by atoms with Gasteiger partial charge < -0.3 is 14.8 Å². The van der Waals surface area contributed by atoms with Crippen LogP contribution in [0.1, 0.15) is 44.7 Å². The Hall–Kier alpha value is -0.770. The fourth-order valence-electron chi connectivity index (χ4n) is 2.42. The second kappa shape index (κ2) is 7.87. The Balaban J connectivity index is 2.02. The monoisotopic (exact) mass is 297 g/mol. The predicted octanol–water partition coefficient (Wildman–Crippen LogP) is 3.96. The molecule has 0 aromatic heterocycles. The van der Waals surface area contributed by atoms with E-state index in [2.05, 4.69) is 19.2 Å². The van der Waals surface area contributed by atoms with Crippen LogP contribution in [0.25, 0.3) is 0 Å². The smallest absolute Gasteiger partial charge is 0.124 e. The lowest BCUT2D eigenvalue weighted by Crippen LogP contribution is -2.21. The van der Waals surface area contributed by atoms with Gasteiger partial charge in [0.25, 0.3) is 0 Å². The number of hydrogen-bond acceptors (Lipinski definition) is 3. The number of halogens is 1. The van der Waals surface area contributed by atoms with E-state index in [0.29, 0.717) is 6.61 Å². The van der Waals surface area contributed by atoms with Crippen molar-refractivity contribution >= 4 is 11.6 Å². The fourth-order valence-corrected chi connectivity index (χ4v) is 2.60. The van der Waals surface area contributed by atoms with E-state index in [1.807, 2.05) is 18.2 Å². The number of hydrogen-bond donors (Lipinski definition) is 1.